The van der Waals surface area contributed by atoms with Gasteiger partial charge < -0.3 is 20.9 Å². The van der Waals surface area contributed by atoms with Crippen LogP contribution in [-0.4, -0.2) is 13.0 Å². The molecule has 0 bridgehead atoms. The summed E-state index contributed by atoms with van der Waals surface area (Å²) in [7, 11) is 1.42. The molecule has 0 radical (unpaired) electrons. The Labute approximate surface area is 134 Å². The average molecular weight is 320 g/mol. The normalized spacial score (nSPS) is 10.3. The minimum atomic E-state index is -0.0259. The number of rotatable bonds is 4. The highest BCUT2D eigenvalue weighted by molar-refractivity contribution is 6.32. The van der Waals surface area contributed by atoms with E-state index >= 15 is 0 Å². The van der Waals surface area contributed by atoms with Crippen LogP contribution >= 0.6 is 11.6 Å². The van der Waals surface area contributed by atoms with Crippen LogP contribution in [0.1, 0.15) is 18.1 Å². The second-order valence-corrected chi connectivity index (χ2v) is 5.14. The number of nitrogens with two attached hydrogens (primary N) is 2. The molecule has 2 rings (SSSR count). The largest absolute Gasteiger partial charge is 0.481 e. The van der Waals surface area contributed by atoms with Crippen molar-refractivity contribution in [2.75, 3.05) is 18.6 Å². The number of nitrogens with one attached hydrogen (secondary N) is 1. The van der Waals surface area contributed by atoms with Crippen LogP contribution in [0.3, 0.4) is 0 Å². The van der Waals surface area contributed by atoms with Gasteiger partial charge in [0.25, 0.3) is 0 Å². The molecule has 0 aliphatic rings. The lowest BCUT2D eigenvalue weighted by Gasteiger charge is -2.14. The second-order valence-electron chi connectivity index (χ2n) is 4.73. The van der Waals surface area contributed by atoms with Gasteiger partial charge in [0.1, 0.15) is 11.5 Å². The Hall–Kier alpha value is -2.40. The van der Waals surface area contributed by atoms with Gasteiger partial charge in [-0.1, -0.05) is 18.5 Å². The lowest BCUT2D eigenvalue weighted by Crippen LogP contribution is -2.06. The van der Waals surface area contributed by atoms with Gasteiger partial charge in [0.2, 0.25) is 5.90 Å². The molecule has 5 N–H and O–H groups in total. The van der Waals surface area contributed by atoms with Crippen molar-refractivity contribution in [1.82, 2.24) is 0 Å². The number of hydrogen-bond donors (Lipinski definition) is 3. The molecular weight excluding hydrogens is 302 g/mol. The van der Waals surface area contributed by atoms with Crippen molar-refractivity contribution >= 4 is 28.9 Å². The van der Waals surface area contributed by atoms with E-state index in [-0.39, 0.29) is 5.90 Å². The van der Waals surface area contributed by atoms with E-state index in [1.807, 2.05) is 13.0 Å². The zero-order valence-electron chi connectivity index (χ0n) is 12.4. The van der Waals surface area contributed by atoms with E-state index < -0.39 is 0 Å². The summed E-state index contributed by atoms with van der Waals surface area (Å²) in [5.41, 5.74) is 14.0. The van der Waals surface area contributed by atoms with E-state index in [1.54, 1.807) is 24.3 Å². The first-order valence-corrected chi connectivity index (χ1v) is 7.12. The quantitative estimate of drug-likeness (QED) is 0.453. The fourth-order valence-electron chi connectivity index (χ4n) is 2.07. The van der Waals surface area contributed by atoms with Gasteiger partial charge in [-0.05, 0) is 42.3 Å². The van der Waals surface area contributed by atoms with Crippen molar-refractivity contribution in [2.24, 2.45) is 0 Å². The predicted molar refractivity (Wildman–Crippen MR) is 90.0 cm³/mol. The Balaban J connectivity index is 2.42. The highest BCUT2D eigenvalue weighted by Crippen LogP contribution is 2.36. The Morgan fingerprint density at radius 2 is 1.95 bits per heavy atom. The van der Waals surface area contributed by atoms with E-state index in [1.165, 1.54) is 7.11 Å². The van der Waals surface area contributed by atoms with Gasteiger partial charge in [0.05, 0.1) is 17.7 Å². The topological polar surface area (TPSA) is 94.4 Å². The molecule has 0 spiro atoms. The Morgan fingerprint density at radius 1 is 1.23 bits per heavy atom. The van der Waals surface area contributed by atoms with E-state index in [4.69, 9.17) is 38.0 Å². The Kier molecular flexibility index (Phi) is 4.78. The first-order chi connectivity index (χ1) is 10.5. The fourth-order valence-corrected chi connectivity index (χ4v) is 2.36. The number of halogens is 1. The molecule has 2 aromatic rings. The molecule has 116 valence electrons. The molecule has 6 heteroatoms. The molecule has 0 fully saturated rings. The molecule has 0 saturated heterocycles. The van der Waals surface area contributed by atoms with Crippen LogP contribution in [0.4, 0.5) is 11.4 Å². The number of hydrogen-bond acceptors (Lipinski definition) is 5. The van der Waals surface area contributed by atoms with Crippen LogP contribution in [0, 0.1) is 5.41 Å². The summed E-state index contributed by atoms with van der Waals surface area (Å²) >= 11 is 6.23. The number of nitrogen functional groups attached to an aromatic ring is 2. The van der Waals surface area contributed by atoms with E-state index in [2.05, 4.69) is 0 Å². The van der Waals surface area contributed by atoms with Crippen LogP contribution in [0.5, 0.6) is 11.5 Å². The van der Waals surface area contributed by atoms with E-state index in [0.717, 1.165) is 12.0 Å². The van der Waals surface area contributed by atoms with Gasteiger partial charge in [-0.15, -0.1) is 0 Å². The average Bonchev–Trinajstić information content (AvgIpc) is 2.50. The molecule has 0 saturated carbocycles. The number of aryl methyl sites for hydroxylation is 1. The lowest BCUT2D eigenvalue weighted by molar-refractivity contribution is 0.401. The van der Waals surface area contributed by atoms with E-state index in [9.17, 15) is 0 Å². The molecular formula is C16H18ClN3O2. The molecule has 0 heterocycles. The molecule has 0 aliphatic carbocycles. The van der Waals surface area contributed by atoms with Gasteiger partial charge in [-0.2, -0.15) is 0 Å². The highest BCUT2D eigenvalue weighted by atomic mass is 35.5. The van der Waals surface area contributed by atoms with Crippen LogP contribution in [0.15, 0.2) is 30.3 Å². The zero-order valence-corrected chi connectivity index (χ0v) is 13.2. The van der Waals surface area contributed by atoms with Gasteiger partial charge in [-0.3, -0.25) is 5.41 Å². The summed E-state index contributed by atoms with van der Waals surface area (Å²) in [6.45, 7) is 1.99. The maximum Gasteiger partial charge on any atom is 0.215 e. The minimum absolute atomic E-state index is 0.0259. The van der Waals surface area contributed by atoms with Gasteiger partial charge in [0, 0.05) is 11.4 Å². The standard InChI is InChI=1S/C16H18ClN3O2/c1-3-9-6-10(18)7-13(17)15(9)22-11-4-5-14(19)12(8-11)16(20)21-2/h4-8,20H,3,18-19H2,1-2H3. The summed E-state index contributed by atoms with van der Waals surface area (Å²) in [5.74, 6) is 1.05. The summed E-state index contributed by atoms with van der Waals surface area (Å²) < 4.78 is 10.8. The van der Waals surface area contributed by atoms with Crippen LogP contribution < -0.4 is 16.2 Å². The number of ether oxygens (including phenoxy) is 2. The van der Waals surface area contributed by atoms with Gasteiger partial charge >= 0.3 is 0 Å². The third-order valence-corrected chi connectivity index (χ3v) is 3.50. The lowest BCUT2D eigenvalue weighted by atomic mass is 10.1. The molecule has 22 heavy (non-hydrogen) atoms. The van der Waals surface area contributed by atoms with Crippen molar-refractivity contribution in [1.29, 1.82) is 5.41 Å². The monoisotopic (exact) mass is 319 g/mol. The third-order valence-electron chi connectivity index (χ3n) is 3.22. The van der Waals surface area contributed by atoms with Gasteiger partial charge in [-0.25, -0.2) is 0 Å². The number of methoxy groups -OCH3 is 1. The van der Waals surface area contributed by atoms with Crippen molar-refractivity contribution in [3.63, 3.8) is 0 Å². The zero-order chi connectivity index (χ0) is 16.3. The van der Waals surface area contributed by atoms with Crippen molar-refractivity contribution in [2.45, 2.75) is 13.3 Å². The maximum atomic E-state index is 7.74. The molecule has 0 amide bonds. The SMILES string of the molecule is CCc1cc(N)cc(Cl)c1Oc1ccc(N)c(C(=N)OC)c1. The van der Waals surface area contributed by atoms with Gasteiger partial charge in [0.15, 0.2) is 0 Å². The number of anilines is 2. The Morgan fingerprint density at radius 3 is 2.59 bits per heavy atom. The van der Waals surface area contributed by atoms with Crippen molar-refractivity contribution in [3.8, 4) is 11.5 Å². The molecule has 0 atom stereocenters. The van der Waals surface area contributed by atoms with Crippen molar-refractivity contribution in [3.05, 3.63) is 46.5 Å². The predicted octanol–water partition coefficient (Wildman–Crippen LogP) is 3.83. The van der Waals surface area contributed by atoms with Crippen LogP contribution in [0.2, 0.25) is 5.02 Å². The van der Waals surface area contributed by atoms with Crippen LogP contribution in [0.25, 0.3) is 0 Å². The second kappa shape index (κ2) is 6.58. The van der Waals surface area contributed by atoms with Crippen molar-refractivity contribution < 1.29 is 9.47 Å². The maximum absolute atomic E-state index is 7.74. The van der Waals surface area contributed by atoms with Crippen LogP contribution in [-0.2, 0) is 11.2 Å². The minimum Gasteiger partial charge on any atom is -0.481 e. The smallest absolute Gasteiger partial charge is 0.215 e. The molecule has 2 aromatic carbocycles. The highest BCUT2D eigenvalue weighted by Gasteiger charge is 2.13. The molecule has 5 nitrogen and oxygen atoms in total. The Bertz CT molecular complexity index is 717. The molecule has 0 aliphatic heterocycles. The summed E-state index contributed by atoms with van der Waals surface area (Å²) in [4.78, 5) is 0. The summed E-state index contributed by atoms with van der Waals surface area (Å²) in [6.07, 6.45) is 0.732. The first kappa shape index (κ1) is 16.0. The number of benzene rings is 2. The summed E-state index contributed by atoms with van der Waals surface area (Å²) in [6, 6.07) is 8.50. The van der Waals surface area contributed by atoms with E-state index in [0.29, 0.717) is 33.5 Å². The molecule has 0 aromatic heterocycles. The fraction of sp³-hybridized carbons (Fsp3) is 0.188. The molecule has 0 unspecified atom stereocenters. The first-order valence-electron chi connectivity index (χ1n) is 6.74. The summed E-state index contributed by atoms with van der Waals surface area (Å²) in [5, 5.41) is 8.19. The third kappa shape index (κ3) is 3.26.